The van der Waals surface area contributed by atoms with Gasteiger partial charge in [-0.05, 0) is 35.4 Å². The number of aliphatic imine (C=N–C) groups is 2. The number of hydrogen-bond donors (Lipinski definition) is 1. The van der Waals surface area contributed by atoms with Crippen molar-refractivity contribution >= 4 is 40.3 Å². The lowest BCUT2D eigenvalue weighted by Crippen LogP contribution is -2.40. The maximum Gasteiger partial charge on any atom is 0.263 e. The van der Waals surface area contributed by atoms with Gasteiger partial charge < -0.3 is 10.1 Å². The van der Waals surface area contributed by atoms with E-state index in [1.54, 1.807) is 12.0 Å². The number of amides is 2. The third kappa shape index (κ3) is 4.32. The minimum atomic E-state index is -0.628. The lowest BCUT2D eigenvalue weighted by Gasteiger charge is -2.25. The molecule has 2 amide bonds. The molecular weight excluding hydrogens is 448 g/mol. The molecule has 34 heavy (non-hydrogen) atoms. The second kappa shape index (κ2) is 9.52. The third-order valence-corrected chi connectivity index (χ3v) is 6.50. The molecule has 1 atom stereocenters. The number of nitrogens with one attached hydrogen (secondary N) is 1. The molecule has 0 spiro atoms. The van der Waals surface area contributed by atoms with Crippen molar-refractivity contribution in [1.29, 1.82) is 0 Å². The topological polar surface area (TPSA) is 83.4 Å². The molecular formula is C26H22N4O3S. The number of nitrogens with zero attached hydrogens (tertiary/aromatic N) is 3. The van der Waals surface area contributed by atoms with Crippen LogP contribution in [0.25, 0.3) is 0 Å². The summed E-state index contributed by atoms with van der Waals surface area (Å²) in [5.74, 6) is 1.16. The number of ether oxygens (including phenoxy) is 1. The van der Waals surface area contributed by atoms with E-state index >= 15 is 0 Å². The fraction of sp³-hybridized carbons (Fsp3) is 0.154. The predicted molar refractivity (Wildman–Crippen MR) is 133 cm³/mol. The number of rotatable bonds is 6. The highest BCUT2D eigenvalue weighted by molar-refractivity contribution is 8.14. The standard InChI is InChI=1S/C26H22N4O3S/c1-33-19-13-11-17(12-14-19)15-27-22(31)16-34-26-28-21-10-6-5-9-20(21)24-29-23(25(32)30(24)26)18-7-3-2-4-8-18/h2-14,23H,15-16H2,1H3,(H,27,31)/t23-/m1/s1. The second-order valence-corrected chi connectivity index (χ2v) is 8.71. The van der Waals surface area contributed by atoms with Crippen LogP contribution in [0, 0.1) is 0 Å². The molecule has 3 aromatic rings. The molecule has 8 heteroatoms. The molecule has 7 nitrogen and oxygen atoms in total. The highest BCUT2D eigenvalue weighted by Crippen LogP contribution is 2.37. The first-order valence-corrected chi connectivity index (χ1v) is 11.8. The molecule has 0 fully saturated rings. The van der Waals surface area contributed by atoms with Crippen LogP contribution in [0.3, 0.4) is 0 Å². The molecule has 0 unspecified atom stereocenters. The number of para-hydroxylation sites is 1. The van der Waals surface area contributed by atoms with Gasteiger partial charge in [0, 0.05) is 12.1 Å². The Kier molecular flexibility index (Phi) is 6.14. The van der Waals surface area contributed by atoms with E-state index in [1.807, 2.05) is 78.9 Å². The monoisotopic (exact) mass is 470 g/mol. The van der Waals surface area contributed by atoms with Crippen LogP contribution in [-0.4, -0.2) is 40.6 Å². The van der Waals surface area contributed by atoms with Gasteiger partial charge in [-0.2, -0.15) is 0 Å². The zero-order chi connectivity index (χ0) is 23.5. The van der Waals surface area contributed by atoms with E-state index in [9.17, 15) is 9.59 Å². The number of thioether (sulfide) groups is 1. The molecule has 0 aliphatic carbocycles. The van der Waals surface area contributed by atoms with Crippen LogP contribution in [0.15, 0.2) is 88.8 Å². The molecule has 2 heterocycles. The van der Waals surface area contributed by atoms with Crippen molar-refractivity contribution in [2.75, 3.05) is 12.9 Å². The SMILES string of the molecule is COc1ccc(CNC(=O)CSC2=Nc3ccccc3C3=N[C@H](c4ccccc4)C(=O)N23)cc1. The van der Waals surface area contributed by atoms with Gasteiger partial charge in [-0.3, -0.25) is 9.59 Å². The summed E-state index contributed by atoms with van der Waals surface area (Å²) in [6.07, 6.45) is 0. The van der Waals surface area contributed by atoms with Crippen molar-refractivity contribution in [3.8, 4) is 5.75 Å². The summed E-state index contributed by atoms with van der Waals surface area (Å²) in [5.41, 5.74) is 3.34. The van der Waals surface area contributed by atoms with E-state index in [2.05, 4.69) is 10.3 Å². The van der Waals surface area contributed by atoms with E-state index < -0.39 is 6.04 Å². The number of methoxy groups -OCH3 is 1. The molecule has 170 valence electrons. The number of amidine groups is 2. The number of carbonyl (C=O) groups excluding carboxylic acids is 2. The Balaban J connectivity index is 1.31. The third-order valence-electron chi connectivity index (χ3n) is 5.57. The maximum atomic E-state index is 13.4. The Morgan fingerprint density at radius 3 is 2.53 bits per heavy atom. The lowest BCUT2D eigenvalue weighted by molar-refractivity contribution is -0.124. The predicted octanol–water partition coefficient (Wildman–Crippen LogP) is 4.08. The Morgan fingerprint density at radius 2 is 1.76 bits per heavy atom. The van der Waals surface area contributed by atoms with Crippen LogP contribution in [0.2, 0.25) is 0 Å². The van der Waals surface area contributed by atoms with Gasteiger partial charge in [0.25, 0.3) is 5.91 Å². The summed E-state index contributed by atoms with van der Waals surface area (Å²) in [6.45, 7) is 0.407. The fourth-order valence-corrected chi connectivity index (χ4v) is 4.66. The average Bonchev–Trinajstić information content (AvgIpc) is 3.24. The van der Waals surface area contributed by atoms with Gasteiger partial charge in [0.1, 0.15) is 11.6 Å². The first-order valence-electron chi connectivity index (χ1n) is 10.8. The summed E-state index contributed by atoms with van der Waals surface area (Å²) >= 11 is 1.23. The largest absolute Gasteiger partial charge is 0.497 e. The van der Waals surface area contributed by atoms with E-state index in [4.69, 9.17) is 9.73 Å². The van der Waals surface area contributed by atoms with Crippen molar-refractivity contribution in [3.63, 3.8) is 0 Å². The van der Waals surface area contributed by atoms with Gasteiger partial charge in [-0.25, -0.2) is 14.9 Å². The summed E-state index contributed by atoms with van der Waals surface area (Å²) in [6, 6.07) is 24.0. The zero-order valence-corrected chi connectivity index (χ0v) is 19.3. The molecule has 0 aromatic heterocycles. The van der Waals surface area contributed by atoms with Crippen LogP contribution in [0.5, 0.6) is 5.75 Å². The van der Waals surface area contributed by atoms with E-state index in [1.165, 1.54) is 11.8 Å². The Labute approximate surface area is 201 Å². The molecule has 0 saturated heterocycles. The van der Waals surface area contributed by atoms with Crippen molar-refractivity contribution in [2.45, 2.75) is 12.6 Å². The van der Waals surface area contributed by atoms with Crippen molar-refractivity contribution < 1.29 is 14.3 Å². The van der Waals surface area contributed by atoms with E-state index in [0.29, 0.717) is 17.5 Å². The summed E-state index contributed by atoms with van der Waals surface area (Å²) in [4.78, 5) is 36.9. The summed E-state index contributed by atoms with van der Waals surface area (Å²) in [5, 5.41) is 3.37. The first kappa shape index (κ1) is 21.9. The molecule has 0 saturated carbocycles. The van der Waals surface area contributed by atoms with Gasteiger partial charge in [0.05, 0.1) is 18.6 Å². The second-order valence-electron chi connectivity index (χ2n) is 7.76. The van der Waals surface area contributed by atoms with Crippen LogP contribution >= 0.6 is 11.8 Å². The van der Waals surface area contributed by atoms with Gasteiger partial charge in [-0.1, -0.05) is 66.4 Å². The van der Waals surface area contributed by atoms with Crippen molar-refractivity contribution in [1.82, 2.24) is 10.2 Å². The number of benzene rings is 3. The van der Waals surface area contributed by atoms with Crippen LogP contribution < -0.4 is 10.1 Å². The molecule has 5 rings (SSSR count). The van der Waals surface area contributed by atoms with Crippen molar-refractivity contribution in [3.05, 3.63) is 95.6 Å². The minimum absolute atomic E-state index is 0.129. The summed E-state index contributed by atoms with van der Waals surface area (Å²) < 4.78 is 5.16. The molecule has 0 radical (unpaired) electrons. The van der Waals surface area contributed by atoms with Gasteiger partial charge in [0.15, 0.2) is 11.2 Å². The molecule has 2 aliphatic rings. The fourth-order valence-electron chi connectivity index (χ4n) is 3.82. The molecule has 0 bridgehead atoms. The highest BCUT2D eigenvalue weighted by atomic mass is 32.2. The summed E-state index contributed by atoms with van der Waals surface area (Å²) in [7, 11) is 1.61. The lowest BCUT2D eigenvalue weighted by atomic mass is 10.1. The zero-order valence-electron chi connectivity index (χ0n) is 18.5. The number of carbonyl (C=O) groups is 2. The Morgan fingerprint density at radius 1 is 1.03 bits per heavy atom. The Hall–Kier alpha value is -3.91. The van der Waals surface area contributed by atoms with E-state index in [0.717, 1.165) is 28.1 Å². The number of hydrogen-bond acceptors (Lipinski definition) is 6. The molecule has 3 aromatic carbocycles. The van der Waals surface area contributed by atoms with E-state index in [-0.39, 0.29) is 17.6 Å². The van der Waals surface area contributed by atoms with Crippen LogP contribution in [0.4, 0.5) is 5.69 Å². The van der Waals surface area contributed by atoms with Crippen molar-refractivity contribution in [2.24, 2.45) is 9.98 Å². The van der Waals surface area contributed by atoms with Gasteiger partial charge in [-0.15, -0.1) is 0 Å². The normalized spacial score (nSPS) is 16.3. The minimum Gasteiger partial charge on any atom is -0.497 e. The van der Waals surface area contributed by atoms with Gasteiger partial charge in [0.2, 0.25) is 5.91 Å². The average molecular weight is 471 g/mol. The Bertz CT molecular complexity index is 1290. The van der Waals surface area contributed by atoms with Gasteiger partial charge >= 0.3 is 0 Å². The number of fused-ring (bicyclic) bond motifs is 3. The molecule has 1 N–H and O–H groups in total. The van der Waals surface area contributed by atoms with Crippen LogP contribution in [0.1, 0.15) is 22.7 Å². The quantitative estimate of drug-likeness (QED) is 0.589. The maximum absolute atomic E-state index is 13.4. The smallest absolute Gasteiger partial charge is 0.263 e. The molecule has 2 aliphatic heterocycles. The first-order chi connectivity index (χ1) is 16.6. The highest BCUT2D eigenvalue weighted by Gasteiger charge is 2.42. The van der Waals surface area contributed by atoms with Crippen LogP contribution in [-0.2, 0) is 16.1 Å².